The third-order valence-corrected chi connectivity index (χ3v) is 4.92. The summed E-state index contributed by atoms with van der Waals surface area (Å²) in [5.74, 6) is -0.372. The average molecular weight is 317 g/mol. The lowest BCUT2D eigenvalue weighted by Crippen LogP contribution is -2.10. The van der Waals surface area contributed by atoms with Gasteiger partial charge in [-0.25, -0.2) is 4.79 Å². The van der Waals surface area contributed by atoms with Gasteiger partial charge in [-0.3, -0.25) is 0 Å². The van der Waals surface area contributed by atoms with Gasteiger partial charge in [-0.15, -0.1) is 11.3 Å². The number of thiophene rings is 1. The Balaban J connectivity index is 2.58. The maximum Gasteiger partial charge on any atom is 0.341 e. The molecule has 2 rings (SSSR count). The third-order valence-electron chi connectivity index (χ3n) is 3.76. The summed E-state index contributed by atoms with van der Waals surface area (Å²) < 4.78 is 4.90. The Kier molecular flexibility index (Phi) is 4.61. The molecule has 4 heteroatoms. The number of carbonyl (C=O) groups excluding carboxylic acids is 1. The van der Waals surface area contributed by atoms with Crippen LogP contribution < -0.4 is 5.73 Å². The highest BCUT2D eigenvalue weighted by Crippen LogP contribution is 2.40. The number of hydrogen-bond donors (Lipinski definition) is 1. The van der Waals surface area contributed by atoms with Crippen LogP contribution in [-0.4, -0.2) is 13.1 Å². The first kappa shape index (κ1) is 16.6. The van der Waals surface area contributed by atoms with E-state index < -0.39 is 0 Å². The van der Waals surface area contributed by atoms with Gasteiger partial charge in [-0.05, 0) is 23.0 Å². The molecular weight excluding hydrogens is 294 g/mol. The van der Waals surface area contributed by atoms with Gasteiger partial charge >= 0.3 is 5.97 Å². The van der Waals surface area contributed by atoms with E-state index in [0.29, 0.717) is 10.6 Å². The van der Waals surface area contributed by atoms with Crippen LogP contribution in [0.3, 0.4) is 0 Å². The first-order chi connectivity index (χ1) is 10.3. The molecular formula is C18H23NO2S. The monoisotopic (exact) mass is 317 g/mol. The van der Waals surface area contributed by atoms with E-state index >= 15 is 0 Å². The van der Waals surface area contributed by atoms with Crippen LogP contribution in [0.15, 0.2) is 24.3 Å². The first-order valence-corrected chi connectivity index (χ1v) is 8.21. The molecule has 0 saturated heterocycles. The fraction of sp³-hybridized carbons (Fsp3) is 0.389. The van der Waals surface area contributed by atoms with E-state index in [1.54, 1.807) is 0 Å². The minimum absolute atomic E-state index is 0.102. The summed E-state index contributed by atoms with van der Waals surface area (Å²) in [5.41, 5.74) is 9.83. The number of anilines is 1. The highest BCUT2D eigenvalue weighted by molar-refractivity contribution is 7.17. The predicted octanol–water partition coefficient (Wildman–Crippen LogP) is 4.64. The summed E-state index contributed by atoms with van der Waals surface area (Å²) in [6.07, 6.45) is 0.836. The lowest BCUT2D eigenvalue weighted by molar-refractivity contribution is 0.0603. The zero-order valence-corrected chi connectivity index (χ0v) is 14.6. The molecule has 22 heavy (non-hydrogen) atoms. The number of hydrogen-bond acceptors (Lipinski definition) is 4. The molecule has 0 aliphatic heterocycles. The van der Waals surface area contributed by atoms with Crippen LogP contribution in [0.5, 0.6) is 0 Å². The van der Waals surface area contributed by atoms with Crippen LogP contribution in [0.4, 0.5) is 5.00 Å². The zero-order chi connectivity index (χ0) is 16.5. The van der Waals surface area contributed by atoms with Crippen LogP contribution in [0.2, 0.25) is 0 Å². The number of carbonyl (C=O) groups is 1. The molecule has 0 spiro atoms. The molecule has 0 fully saturated rings. The average Bonchev–Trinajstić information content (AvgIpc) is 2.82. The van der Waals surface area contributed by atoms with Gasteiger partial charge in [-0.1, -0.05) is 52.0 Å². The second-order valence-electron chi connectivity index (χ2n) is 6.31. The molecule has 1 aromatic heterocycles. The maximum atomic E-state index is 12.1. The van der Waals surface area contributed by atoms with E-state index in [9.17, 15) is 4.79 Å². The number of nitrogen functional groups attached to an aromatic ring is 1. The van der Waals surface area contributed by atoms with Gasteiger partial charge < -0.3 is 10.5 Å². The summed E-state index contributed by atoms with van der Waals surface area (Å²) in [5, 5.41) is 0.526. The molecule has 0 radical (unpaired) electrons. The molecule has 118 valence electrons. The van der Waals surface area contributed by atoms with Crippen molar-refractivity contribution in [2.75, 3.05) is 12.8 Å². The van der Waals surface area contributed by atoms with Crippen molar-refractivity contribution in [3.8, 4) is 11.1 Å². The predicted molar refractivity (Wildman–Crippen MR) is 93.6 cm³/mol. The lowest BCUT2D eigenvalue weighted by Gasteiger charge is -2.19. The molecule has 0 saturated carbocycles. The van der Waals surface area contributed by atoms with E-state index in [1.165, 1.54) is 24.0 Å². The van der Waals surface area contributed by atoms with E-state index in [0.717, 1.165) is 22.4 Å². The van der Waals surface area contributed by atoms with Gasteiger partial charge in [-0.2, -0.15) is 0 Å². The minimum atomic E-state index is -0.372. The van der Waals surface area contributed by atoms with E-state index in [1.807, 2.05) is 0 Å². The zero-order valence-electron chi connectivity index (χ0n) is 13.8. The first-order valence-electron chi connectivity index (χ1n) is 7.40. The van der Waals surface area contributed by atoms with Crippen molar-refractivity contribution < 1.29 is 9.53 Å². The number of aryl methyl sites for hydroxylation is 1. The highest BCUT2D eigenvalue weighted by Gasteiger charge is 2.23. The number of benzene rings is 1. The van der Waals surface area contributed by atoms with Crippen molar-refractivity contribution in [1.82, 2.24) is 0 Å². The van der Waals surface area contributed by atoms with Crippen molar-refractivity contribution in [3.63, 3.8) is 0 Å². The largest absolute Gasteiger partial charge is 0.465 e. The van der Waals surface area contributed by atoms with E-state index in [2.05, 4.69) is 52.0 Å². The van der Waals surface area contributed by atoms with Gasteiger partial charge in [0, 0.05) is 10.4 Å². The van der Waals surface area contributed by atoms with Gasteiger partial charge in [0.1, 0.15) is 10.6 Å². The van der Waals surface area contributed by atoms with Crippen LogP contribution >= 0.6 is 11.3 Å². The molecule has 0 aliphatic carbocycles. The van der Waals surface area contributed by atoms with Crippen molar-refractivity contribution >= 4 is 22.3 Å². The van der Waals surface area contributed by atoms with Crippen LogP contribution in [0.1, 0.15) is 48.5 Å². The van der Waals surface area contributed by atoms with Gasteiger partial charge in [0.2, 0.25) is 0 Å². The molecule has 0 aliphatic rings. The molecule has 0 unspecified atom stereocenters. The van der Waals surface area contributed by atoms with Gasteiger partial charge in [0.25, 0.3) is 0 Å². The third kappa shape index (κ3) is 3.02. The Labute approximate surface area is 136 Å². The van der Waals surface area contributed by atoms with Crippen molar-refractivity contribution in [1.29, 1.82) is 0 Å². The van der Waals surface area contributed by atoms with Crippen molar-refractivity contribution in [3.05, 3.63) is 40.3 Å². The highest BCUT2D eigenvalue weighted by atomic mass is 32.1. The Morgan fingerprint density at radius 2 is 1.82 bits per heavy atom. The molecule has 2 N–H and O–H groups in total. The summed E-state index contributed by atoms with van der Waals surface area (Å²) in [4.78, 5) is 13.2. The van der Waals surface area contributed by atoms with Crippen LogP contribution in [0.25, 0.3) is 11.1 Å². The summed E-state index contributed by atoms with van der Waals surface area (Å²) in [7, 11) is 1.39. The molecule has 3 nitrogen and oxygen atoms in total. The smallest absolute Gasteiger partial charge is 0.341 e. The van der Waals surface area contributed by atoms with Crippen LogP contribution in [0, 0.1) is 0 Å². The lowest BCUT2D eigenvalue weighted by atomic mass is 9.86. The Hall–Kier alpha value is -1.81. The fourth-order valence-electron chi connectivity index (χ4n) is 2.49. The van der Waals surface area contributed by atoms with Crippen molar-refractivity contribution in [2.24, 2.45) is 0 Å². The van der Waals surface area contributed by atoms with E-state index in [4.69, 9.17) is 10.5 Å². The molecule has 2 aromatic rings. The number of nitrogens with two attached hydrogens (primary N) is 1. The normalized spacial score (nSPS) is 11.5. The fourth-order valence-corrected chi connectivity index (χ4v) is 3.51. The molecule has 1 aromatic carbocycles. The molecule has 0 amide bonds. The quantitative estimate of drug-likeness (QED) is 0.839. The summed E-state index contributed by atoms with van der Waals surface area (Å²) in [6.45, 7) is 8.62. The Morgan fingerprint density at radius 1 is 1.23 bits per heavy atom. The number of esters is 1. The maximum absolute atomic E-state index is 12.1. The Morgan fingerprint density at radius 3 is 2.27 bits per heavy atom. The Bertz CT molecular complexity index is 678. The van der Waals surface area contributed by atoms with Crippen LogP contribution in [-0.2, 0) is 16.6 Å². The molecule has 0 atom stereocenters. The standard InChI is InChI=1S/C18H23NO2S/c1-6-13-14(15(16(19)22-13)17(20)21-5)11-7-9-12(10-8-11)18(2,3)4/h7-10H,6,19H2,1-5H3. The van der Waals surface area contributed by atoms with E-state index in [-0.39, 0.29) is 11.4 Å². The van der Waals surface area contributed by atoms with Crippen molar-refractivity contribution in [2.45, 2.75) is 39.5 Å². The SMILES string of the molecule is CCc1sc(N)c(C(=O)OC)c1-c1ccc(C(C)(C)C)cc1. The van der Waals surface area contributed by atoms with Gasteiger partial charge in [0.15, 0.2) is 0 Å². The van der Waals surface area contributed by atoms with Gasteiger partial charge in [0.05, 0.1) is 7.11 Å². The number of rotatable bonds is 3. The minimum Gasteiger partial charge on any atom is -0.465 e. The second-order valence-corrected chi connectivity index (χ2v) is 7.45. The number of methoxy groups -OCH3 is 1. The topological polar surface area (TPSA) is 52.3 Å². The summed E-state index contributed by atoms with van der Waals surface area (Å²) in [6, 6.07) is 8.36. The number of ether oxygens (including phenoxy) is 1. The second kappa shape index (κ2) is 6.13. The molecule has 0 bridgehead atoms. The summed E-state index contributed by atoms with van der Waals surface area (Å²) >= 11 is 1.47. The molecule has 1 heterocycles.